The molecule has 154 valence electrons. The Hall–Kier alpha value is -3.07. The zero-order valence-electron chi connectivity index (χ0n) is 16.7. The maximum absolute atomic E-state index is 13.2. The highest BCUT2D eigenvalue weighted by molar-refractivity contribution is 7.92. The van der Waals surface area contributed by atoms with Crippen LogP contribution in [0, 0.1) is 13.8 Å². The predicted molar refractivity (Wildman–Crippen MR) is 109 cm³/mol. The molecule has 0 spiro atoms. The van der Waals surface area contributed by atoms with E-state index in [1.807, 2.05) is 13.8 Å². The number of benzene rings is 2. The van der Waals surface area contributed by atoms with Gasteiger partial charge in [0.15, 0.2) is 0 Å². The van der Waals surface area contributed by atoms with Crippen LogP contribution in [-0.4, -0.2) is 31.8 Å². The Morgan fingerprint density at radius 2 is 1.79 bits per heavy atom. The molecular formula is C20H23N3O5S. The Morgan fingerprint density at radius 1 is 1.03 bits per heavy atom. The van der Waals surface area contributed by atoms with E-state index in [1.54, 1.807) is 44.2 Å². The number of anilines is 1. The molecule has 2 aromatic carbocycles. The van der Waals surface area contributed by atoms with Crippen LogP contribution in [0.4, 0.5) is 5.69 Å². The lowest BCUT2D eigenvalue weighted by molar-refractivity contribution is 0.332. The summed E-state index contributed by atoms with van der Waals surface area (Å²) in [7, 11) is -3.91. The van der Waals surface area contributed by atoms with Gasteiger partial charge < -0.3 is 14.0 Å². The van der Waals surface area contributed by atoms with E-state index in [2.05, 4.69) is 14.9 Å². The van der Waals surface area contributed by atoms with Gasteiger partial charge in [-0.2, -0.15) is 4.98 Å². The van der Waals surface area contributed by atoms with Crippen molar-refractivity contribution >= 4 is 15.7 Å². The first-order valence-corrected chi connectivity index (χ1v) is 10.7. The number of rotatable bonds is 8. The van der Waals surface area contributed by atoms with Crippen LogP contribution in [0.2, 0.25) is 0 Å². The van der Waals surface area contributed by atoms with Gasteiger partial charge in [0, 0.05) is 18.6 Å². The summed E-state index contributed by atoms with van der Waals surface area (Å²) in [6, 6.07) is 9.99. The number of aryl methyl sites for hydroxylation is 2. The van der Waals surface area contributed by atoms with Crippen LogP contribution >= 0.6 is 0 Å². The number of ether oxygens (including phenoxy) is 2. The van der Waals surface area contributed by atoms with Crippen molar-refractivity contribution in [1.82, 2.24) is 10.1 Å². The predicted octanol–water partition coefficient (Wildman–Crippen LogP) is 3.95. The van der Waals surface area contributed by atoms with Gasteiger partial charge >= 0.3 is 0 Å². The highest BCUT2D eigenvalue weighted by Gasteiger charge is 2.21. The Labute approximate surface area is 169 Å². The minimum Gasteiger partial charge on any atom is -0.494 e. The van der Waals surface area contributed by atoms with Crippen molar-refractivity contribution in [1.29, 1.82) is 0 Å². The molecule has 0 unspecified atom stereocenters. The van der Waals surface area contributed by atoms with Crippen molar-refractivity contribution in [2.24, 2.45) is 0 Å². The van der Waals surface area contributed by atoms with Gasteiger partial charge in [0.2, 0.25) is 11.7 Å². The Morgan fingerprint density at radius 3 is 2.45 bits per heavy atom. The summed E-state index contributed by atoms with van der Waals surface area (Å²) in [4.78, 5) is 4.27. The average molecular weight is 417 g/mol. The van der Waals surface area contributed by atoms with E-state index in [1.165, 1.54) is 6.07 Å². The zero-order valence-corrected chi connectivity index (χ0v) is 17.5. The molecule has 1 heterocycles. The molecule has 29 heavy (non-hydrogen) atoms. The van der Waals surface area contributed by atoms with E-state index in [4.69, 9.17) is 14.0 Å². The topological polar surface area (TPSA) is 104 Å². The second-order valence-electron chi connectivity index (χ2n) is 6.25. The summed E-state index contributed by atoms with van der Waals surface area (Å²) in [6.07, 6.45) is 0. The molecule has 0 amide bonds. The molecule has 0 saturated carbocycles. The highest BCUT2D eigenvalue weighted by atomic mass is 32.2. The van der Waals surface area contributed by atoms with Crippen molar-refractivity contribution in [2.75, 3.05) is 17.9 Å². The van der Waals surface area contributed by atoms with Crippen LogP contribution in [-0.2, 0) is 10.0 Å². The molecule has 0 aliphatic heterocycles. The fourth-order valence-electron chi connectivity index (χ4n) is 2.77. The second-order valence-corrected chi connectivity index (χ2v) is 7.90. The molecule has 0 atom stereocenters. The molecule has 3 rings (SSSR count). The summed E-state index contributed by atoms with van der Waals surface area (Å²) in [5.74, 6) is 1.69. The van der Waals surface area contributed by atoms with Crippen molar-refractivity contribution in [3.8, 4) is 22.9 Å². The summed E-state index contributed by atoms with van der Waals surface area (Å²) in [5.41, 5.74) is 1.43. The normalized spacial score (nSPS) is 11.3. The highest BCUT2D eigenvalue weighted by Crippen LogP contribution is 2.32. The summed E-state index contributed by atoms with van der Waals surface area (Å²) in [5, 5.41) is 3.86. The monoisotopic (exact) mass is 417 g/mol. The van der Waals surface area contributed by atoms with Crippen molar-refractivity contribution in [3.05, 3.63) is 47.9 Å². The molecule has 9 heteroatoms. The lowest BCUT2D eigenvalue weighted by Gasteiger charge is -2.16. The second kappa shape index (κ2) is 8.52. The minimum absolute atomic E-state index is 0.113. The molecule has 0 fully saturated rings. The molecule has 1 aromatic heterocycles. The van der Waals surface area contributed by atoms with Gasteiger partial charge in [-0.3, -0.25) is 4.72 Å². The smallest absolute Gasteiger partial charge is 0.262 e. The maximum Gasteiger partial charge on any atom is 0.262 e. The number of nitrogens with one attached hydrogen (secondary N) is 1. The van der Waals surface area contributed by atoms with E-state index in [0.29, 0.717) is 53.2 Å². The molecule has 0 saturated heterocycles. The van der Waals surface area contributed by atoms with E-state index in [9.17, 15) is 8.42 Å². The Balaban J connectivity index is 2.00. The van der Waals surface area contributed by atoms with Gasteiger partial charge in [0.25, 0.3) is 10.0 Å². The fraction of sp³-hybridized carbons (Fsp3) is 0.300. The molecule has 0 bridgehead atoms. The van der Waals surface area contributed by atoms with Crippen LogP contribution in [0.25, 0.3) is 11.4 Å². The molecule has 0 aliphatic rings. The van der Waals surface area contributed by atoms with Crippen molar-refractivity contribution in [2.45, 2.75) is 32.6 Å². The van der Waals surface area contributed by atoms with Gasteiger partial charge in [0.1, 0.15) is 11.5 Å². The average Bonchev–Trinajstić information content (AvgIpc) is 3.10. The summed E-state index contributed by atoms with van der Waals surface area (Å²) >= 11 is 0. The number of nitrogens with zero attached hydrogens (tertiary/aromatic N) is 2. The van der Waals surface area contributed by atoms with Crippen LogP contribution in [0.1, 0.15) is 25.3 Å². The van der Waals surface area contributed by atoms with E-state index in [-0.39, 0.29) is 4.90 Å². The zero-order chi connectivity index (χ0) is 21.0. The quantitative estimate of drug-likeness (QED) is 0.592. The van der Waals surface area contributed by atoms with Crippen LogP contribution < -0.4 is 14.2 Å². The van der Waals surface area contributed by atoms with Gasteiger partial charge in [0.05, 0.1) is 23.8 Å². The third kappa shape index (κ3) is 4.68. The lowest BCUT2D eigenvalue weighted by Crippen LogP contribution is -2.15. The van der Waals surface area contributed by atoms with Gasteiger partial charge in [-0.1, -0.05) is 17.3 Å². The van der Waals surface area contributed by atoms with Crippen LogP contribution in [0.15, 0.2) is 45.8 Å². The van der Waals surface area contributed by atoms with Gasteiger partial charge in [-0.05, 0) is 44.5 Å². The molecule has 0 radical (unpaired) electrons. The molecule has 8 nitrogen and oxygen atoms in total. The number of hydrogen-bond donors (Lipinski definition) is 1. The summed E-state index contributed by atoms with van der Waals surface area (Å²) in [6.45, 7) is 7.94. The Bertz CT molecular complexity index is 1110. The minimum atomic E-state index is -3.91. The third-order valence-corrected chi connectivity index (χ3v) is 5.58. The van der Waals surface area contributed by atoms with Crippen LogP contribution in [0.5, 0.6) is 11.5 Å². The molecular weight excluding hydrogens is 394 g/mol. The Kier molecular flexibility index (Phi) is 6.07. The van der Waals surface area contributed by atoms with Crippen LogP contribution in [0.3, 0.4) is 0 Å². The molecule has 0 aliphatic carbocycles. The fourth-order valence-corrected chi connectivity index (χ4v) is 4.10. The van der Waals surface area contributed by atoms with E-state index in [0.717, 1.165) is 0 Å². The molecule has 3 aromatic rings. The van der Waals surface area contributed by atoms with Crippen molar-refractivity contribution < 1.29 is 22.4 Å². The number of sulfonamides is 1. The third-order valence-electron chi connectivity index (χ3n) is 4.07. The summed E-state index contributed by atoms with van der Waals surface area (Å²) < 4.78 is 45.0. The maximum atomic E-state index is 13.2. The largest absolute Gasteiger partial charge is 0.494 e. The molecule has 1 N–H and O–H groups in total. The first kappa shape index (κ1) is 20.7. The van der Waals surface area contributed by atoms with E-state index < -0.39 is 10.0 Å². The lowest BCUT2D eigenvalue weighted by atomic mass is 10.1. The van der Waals surface area contributed by atoms with Gasteiger partial charge in [-0.25, -0.2) is 8.42 Å². The number of hydrogen-bond acceptors (Lipinski definition) is 7. The standard InChI is InChI=1S/C20H23N3O5S/c1-5-26-16-9-10-18(27-6-2)17(12-16)23-29(24,25)19-11-15(8-7-13(19)3)20-21-14(4)28-22-20/h7-12,23H,5-6H2,1-4H3. The van der Waals surface area contributed by atoms with Crippen molar-refractivity contribution in [3.63, 3.8) is 0 Å². The number of aromatic nitrogens is 2. The van der Waals surface area contributed by atoms with Gasteiger partial charge in [-0.15, -0.1) is 0 Å². The van der Waals surface area contributed by atoms with E-state index >= 15 is 0 Å². The SMILES string of the molecule is CCOc1ccc(OCC)c(NS(=O)(=O)c2cc(-c3noc(C)n3)ccc2C)c1. The first-order valence-electron chi connectivity index (χ1n) is 9.17. The first-order chi connectivity index (χ1) is 13.8.